The minimum atomic E-state index is -3.86. The second-order valence-corrected chi connectivity index (χ2v) is 10.8. The highest BCUT2D eigenvalue weighted by Gasteiger charge is 2.22. The molecule has 2 aromatic heterocycles. The van der Waals surface area contributed by atoms with E-state index in [1.165, 1.54) is 34.8 Å². The molecule has 1 aliphatic carbocycles. The van der Waals surface area contributed by atoms with Crippen molar-refractivity contribution in [1.29, 1.82) is 0 Å². The van der Waals surface area contributed by atoms with Gasteiger partial charge in [0.1, 0.15) is 4.83 Å². The summed E-state index contributed by atoms with van der Waals surface area (Å²) < 4.78 is 24.6. The molecule has 164 valence electrons. The van der Waals surface area contributed by atoms with E-state index in [0.717, 1.165) is 41.5 Å². The number of aryl methyl sites for hydroxylation is 2. The van der Waals surface area contributed by atoms with Crippen LogP contribution in [0.4, 0.5) is 5.69 Å². The molecule has 2 heterocycles. The lowest BCUT2D eigenvalue weighted by atomic mass is 9.97. The number of anilines is 1. The molecule has 11 heteroatoms. The van der Waals surface area contributed by atoms with Crippen molar-refractivity contribution in [2.75, 3.05) is 11.1 Å². The number of thiophene rings is 1. The van der Waals surface area contributed by atoms with Gasteiger partial charge in [0.15, 0.2) is 5.16 Å². The fourth-order valence-corrected chi connectivity index (χ4v) is 6.41. The number of nitrogens with one attached hydrogen (secondary N) is 1. The Morgan fingerprint density at radius 1 is 1.32 bits per heavy atom. The van der Waals surface area contributed by atoms with Crippen LogP contribution in [0.1, 0.15) is 30.2 Å². The smallest absolute Gasteiger partial charge is 0.263 e. The number of thioether (sulfide) groups is 1. The molecule has 0 unspecified atom stereocenters. The Morgan fingerprint density at radius 3 is 2.84 bits per heavy atom. The van der Waals surface area contributed by atoms with Gasteiger partial charge in [-0.2, -0.15) is 0 Å². The molecule has 3 aromatic rings. The fraction of sp³-hybridized carbons (Fsp3) is 0.350. The van der Waals surface area contributed by atoms with Crippen LogP contribution in [0.5, 0.6) is 0 Å². The molecule has 0 saturated heterocycles. The first-order valence-corrected chi connectivity index (χ1v) is 13.2. The molecule has 0 spiro atoms. The number of hydrogen-bond donors (Lipinski definition) is 2. The van der Waals surface area contributed by atoms with Gasteiger partial charge in [-0.3, -0.25) is 14.2 Å². The zero-order valence-corrected chi connectivity index (χ0v) is 19.3. The number of sulfonamides is 1. The van der Waals surface area contributed by atoms with E-state index in [9.17, 15) is 18.0 Å². The molecular formula is C20H22N4O4S3. The van der Waals surface area contributed by atoms with Gasteiger partial charge in [0.2, 0.25) is 15.9 Å². The minimum absolute atomic E-state index is 0.0304. The Bertz CT molecular complexity index is 1330. The molecule has 8 nitrogen and oxygen atoms in total. The van der Waals surface area contributed by atoms with Crippen LogP contribution >= 0.6 is 23.1 Å². The zero-order chi connectivity index (χ0) is 22.2. The SMILES string of the molecule is CCn1c(SCC(=O)Nc2cccc(S(N)(=O)=O)c2)nc2sc3c(c2c1=O)CCCC3. The summed E-state index contributed by atoms with van der Waals surface area (Å²) in [7, 11) is -3.86. The van der Waals surface area contributed by atoms with Crippen LogP contribution in [0.15, 0.2) is 39.1 Å². The van der Waals surface area contributed by atoms with Crippen LogP contribution in [0, 0.1) is 0 Å². The van der Waals surface area contributed by atoms with Crippen LogP contribution in [-0.4, -0.2) is 29.6 Å². The Labute approximate surface area is 187 Å². The number of carbonyl (C=O) groups excluding carboxylic acids is 1. The molecule has 0 saturated carbocycles. The highest BCUT2D eigenvalue weighted by molar-refractivity contribution is 7.99. The molecule has 1 aliphatic rings. The Kier molecular flexibility index (Phi) is 6.20. The number of nitrogens with two attached hydrogens (primary N) is 1. The highest BCUT2D eigenvalue weighted by atomic mass is 32.2. The van der Waals surface area contributed by atoms with E-state index < -0.39 is 10.0 Å². The van der Waals surface area contributed by atoms with Crippen LogP contribution in [0.2, 0.25) is 0 Å². The molecule has 0 aliphatic heterocycles. The fourth-order valence-electron chi connectivity index (χ4n) is 3.69. The zero-order valence-electron chi connectivity index (χ0n) is 16.9. The third-order valence-corrected chi connectivity index (χ3v) is 8.21. The molecule has 1 amide bonds. The van der Waals surface area contributed by atoms with Crippen LogP contribution in [-0.2, 0) is 34.2 Å². The van der Waals surface area contributed by atoms with Crippen molar-refractivity contribution in [1.82, 2.24) is 9.55 Å². The summed E-state index contributed by atoms with van der Waals surface area (Å²) in [6, 6.07) is 5.75. The van der Waals surface area contributed by atoms with Gasteiger partial charge in [-0.05, 0) is 56.4 Å². The van der Waals surface area contributed by atoms with E-state index in [-0.39, 0.29) is 22.1 Å². The molecular weight excluding hydrogens is 456 g/mol. The summed E-state index contributed by atoms with van der Waals surface area (Å²) in [5, 5.41) is 9.03. The lowest BCUT2D eigenvalue weighted by molar-refractivity contribution is -0.113. The quantitative estimate of drug-likeness (QED) is 0.415. The van der Waals surface area contributed by atoms with Crippen LogP contribution < -0.4 is 16.0 Å². The molecule has 31 heavy (non-hydrogen) atoms. The standard InChI is InChI=1S/C20H22N4O4S3/c1-2-24-19(26)17-14-8-3-4-9-15(14)30-18(17)23-20(24)29-11-16(25)22-12-6-5-7-13(10-12)31(21,27)28/h5-7,10H,2-4,8-9,11H2,1H3,(H,22,25)(H2,21,27,28). The van der Waals surface area contributed by atoms with Crippen molar-refractivity contribution in [2.45, 2.75) is 49.2 Å². The van der Waals surface area contributed by atoms with Crippen molar-refractivity contribution < 1.29 is 13.2 Å². The maximum atomic E-state index is 13.1. The number of primary sulfonamides is 1. The highest BCUT2D eigenvalue weighted by Crippen LogP contribution is 2.34. The number of aromatic nitrogens is 2. The van der Waals surface area contributed by atoms with E-state index in [0.29, 0.717) is 17.4 Å². The minimum Gasteiger partial charge on any atom is -0.325 e. The van der Waals surface area contributed by atoms with Crippen molar-refractivity contribution in [3.8, 4) is 0 Å². The first-order chi connectivity index (χ1) is 14.8. The van der Waals surface area contributed by atoms with Gasteiger partial charge >= 0.3 is 0 Å². The van der Waals surface area contributed by atoms with Crippen LogP contribution in [0.3, 0.4) is 0 Å². The van der Waals surface area contributed by atoms with Crippen molar-refractivity contribution >= 4 is 54.9 Å². The molecule has 1 aromatic carbocycles. The topological polar surface area (TPSA) is 124 Å². The van der Waals surface area contributed by atoms with Crippen molar-refractivity contribution in [3.05, 3.63) is 45.1 Å². The number of fused-ring (bicyclic) bond motifs is 3. The first kappa shape index (κ1) is 22.0. The lowest BCUT2D eigenvalue weighted by Crippen LogP contribution is -2.24. The van der Waals surface area contributed by atoms with Gasteiger partial charge in [0, 0.05) is 17.1 Å². The van der Waals surface area contributed by atoms with Gasteiger partial charge in [-0.15, -0.1) is 11.3 Å². The summed E-state index contributed by atoms with van der Waals surface area (Å²) >= 11 is 2.77. The molecule has 0 bridgehead atoms. The summed E-state index contributed by atoms with van der Waals surface area (Å²) in [5.41, 5.74) is 1.44. The predicted molar refractivity (Wildman–Crippen MR) is 123 cm³/mol. The van der Waals surface area contributed by atoms with Crippen molar-refractivity contribution in [3.63, 3.8) is 0 Å². The molecule has 0 radical (unpaired) electrons. The molecule has 0 fully saturated rings. The molecule has 4 rings (SSSR count). The molecule has 0 atom stereocenters. The lowest BCUT2D eigenvalue weighted by Gasteiger charge is -2.12. The monoisotopic (exact) mass is 478 g/mol. The van der Waals surface area contributed by atoms with E-state index in [4.69, 9.17) is 10.1 Å². The average Bonchev–Trinajstić information content (AvgIpc) is 3.10. The van der Waals surface area contributed by atoms with Gasteiger partial charge < -0.3 is 5.32 Å². The second kappa shape index (κ2) is 8.73. The molecule has 3 N–H and O–H groups in total. The summed E-state index contributed by atoms with van der Waals surface area (Å²) in [6.07, 6.45) is 4.14. The van der Waals surface area contributed by atoms with Gasteiger partial charge in [-0.1, -0.05) is 17.8 Å². The summed E-state index contributed by atoms with van der Waals surface area (Å²) in [4.78, 5) is 32.2. The number of hydrogen-bond acceptors (Lipinski definition) is 7. The van der Waals surface area contributed by atoms with E-state index in [1.54, 1.807) is 22.0 Å². The van der Waals surface area contributed by atoms with E-state index in [1.807, 2.05) is 6.92 Å². The average molecular weight is 479 g/mol. The predicted octanol–water partition coefficient (Wildman–Crippen LogP) is 2.73. The second-order valence-electron chi connectivity index (χ2n) is 7.24. The summed E-state index contributed by atoms with van der Waals surface area (Å²) in [5.74, 6) is -0.304. The number of amides is 1. The number of benzene rings is 1. The Balaban J connectivity index is 1.55. The van der Waals surface area contributed by atoms with Crippen molar-refractivity contribution in [2.24, 2.45) is 5.14 Å². The largest absolute Gasteiger partial charge is 0.325 e. The number of carbonyl (C=O) groups is 1. The maximum Gasteiger partial charge on any atom is 0.263 e. The Morgan fingerprint density at radius 2 is 2.10 bits per heavy atom. The van der Waals surface area contributed by atoms with Gasteiger partial charge in [0.05, 0.1) is 16.0 Å². The first-order valence-electron chi connectivity index (χ1n) is 9.88. The normalized spacial score (nSPS) is 13.9. The third kappa shape index (κ3) is 4.54. The van der Waals surface area contributed by atoms with E-state index >= 15 is 0 Å². The van der Waals surface area contributed by atoms with E-state index in [2.05, 4.69) is 5.32 Å². The van der Waals surface area contributed by atoms with Gasteiger partial charge in [-0.25, -0.2) is 18.5 Å². The van der Waals surface area contributed by atoms with Gasteiger partial charge in [0.25, 0.3) is 5.56 Å². The maximum absolute atomic E-state index is 13.1. The Hall–Kier alpha value is -2.21. The van der Waals surface area contributed by atoms with Crippen LogP contribution in [0.25, 0.3) is 10.2 Å². The third-order valence-electron chi connectivity index (χ3n) is 5.13. The number of rotatable bonds is 6. The number of nitrogens with zero attached hydrogens (tertiary/aromatic N) is 2. The summed E-state index contributed by atoms with van der Waals surface area (Å²) in [6.45, 7) is 2.35.